The van der Waals surface area contributed by atoms with Gasteiger partial charge in [-0.15, -0.1) is 6.58 Å². The Morgan fingerprint density at radius 3 is 2.80 bits per heavy atom. The zero-order valence-electron chi connectivity index (χ0n) is 6.17. The molecule has 0 radical (unpaired) electrons. The molecule has 10 heavy (non-hydrogen) atoms. The summed E-state index contributed by atoms with van der Waals surface area (Å²) in [4.78, 5) is 10.5. The van der Waals surface area contributed by atoms with Crippen LogP contribution in [0, 0.1) is 0 Å². The van der Waals surface area contributed by atoms with Crippen LogP contribution in [0.15, 0.2) is 24.8 Å². The SMILES string of the molecule is C=CC/C=C/CC(=O)OC. The van der Waals surface area contributed by atoms with Gasteiger partial charge in [0.1, 0.15) is 0 Å². The van der Waals surface area contributed by atoms with Crippen molar-refractivity contribution in [1.29, 1.82) is 0 Å². The number of esters is 1. The van der Waals surface area contributed by atoms with Crippen molar-refractivity contribution in [3.63, 3.8) is 0 Å². The third kappa shape index (κ3) is 5.09. The normalized spacial score (nSPS) is 9.70. The van der Waals surface area contributed by atoms with E-state index in [0.717, 1.165) is 6.42 Å². The van der Waals surface area contributed by atoms with Crippen LogP contribution in [0.2, 0.25) is 0 Å². The van der Waals surface area contributed by atoms with E-state index in [1.807, 2.05) is 6.08 Å². The van der Waals surface area contributed by atoms with E-state index in [1.54, 1.807) is 12.2 Å². The van der Waals surface area contributed by atoms with Gasteiger partial charge >= 0.3 is 5.97 Å². The van der Waals surface area contributed by atoms with Crippen molar-refractivity contribution in [1.82, 2.24) is 0 Å². The molecule has 0 atom stereocenters. The molecule has 0 aliphatic rings. The summed E-state index contributed by atoms with van der Waals surface area (Å²) in [6.45, 7) is 3.53. The summed E-state index contributed by atoms with van der Waals surface area (Å²) in [5.41, 5.74) is 0. The fourth-order valence-corrected chi connectivity index (χ4v) is 0.455. The van der Waals surface area contributed by atoms with Crippen LogP contribution in [0.5, 0.6) is 0 Å². The number of rotatable bonds is 4. The first-order valence-corrected chi connectivity index (χ1v) is 3.14. The topological polar surface area (TPSA) is 26.3 Å². The van der Waals surface area contributed by atoms with E-state index in [4.69, 9.17) is 0 Å². The molecule has 0 heterocycles. The molecule has 2 heteroatoms. The zero-order valence-corrected chi connectivity index (χ0v) is 6.17. The molecular weight excluding hydrogens is 128 g/mol. The molecule has 0 bridgehead atoms. The average Bonchev–Trinajstić information content (AvgIpc) is 1.98. The van der Waals surface area contributed by atoms with E-state index >= 15 is 0 Å². The van der Waals surface area contributed by atoms with Crippen LogP contribution >= 0.6 is 0 Å². The molecule has 0 aromatic heterocycles. The number of hydrogen-bond acceptors (Lipinski definition) is 2. The van der Waals surface area contributed by atoms with Crippen LogP contribution in [0.3, 0.4) is 0 Å². The minimum Gasteiger partial charge on any atom is -0.469 e. The second-order valence-corrected chi connectivity index (χ2v) is 1.78. The molecule has 0 amide bonds. The van der Waals surface area contributed by atoms with Gasteiger partial charge in [0, 0.05) is 0 Å². The maximum Gasteiger partial charge on any atom is 0.309 e. The van der Waals surface area contributed by atoms with Crippen LogP contribution in [-0.4, -0.2) is 13.1 Å². The highest BCUT2D eigenvalue weighted by Gasteiger charge is 1.91. The van der Waals surface area contributed by atoms with Gasteiger partial charge in [-0.3, -0.25) is 4.79 Å². The first kappa shape index (κ1) is 8.95. The van der Waals surface area contributed by atoms with Crippen molar-refractivity contribution in [2.75, 3.05) is 7.11 Å². The van der Waals surface area contributed by atoms with E-state index in [1.165, 1.54) is 7.11 Å². The number of allylic oxidation sites excluding steroid dienone is 2. The molecule has 0 N–H and O–H groups in total. The summed E-state index contributed by atoms with van der Waals surface area (Å²) >= 11 is 0. The maximum atomic E-state index is 10.5. The number of hydrogen-bond donors (Lipinski definition) is 0. The van der Waals surface area contributed by atoms with Gasteiger partial charge in [0.2, 0.25) is 0 Å². The van der Waals surface area contributed by atoms with Crippen molar-refractivity contribution < 1.29 is 9.53 Å². The third-order valence-electron chi connectivity index (χ3n) is 0.982. The monoisotopic (exact) mass is 140 g/mol. The minimum absolute atomic E-state index is 0.208. The largest absolute Gasteiger partial charge is 0.469 e. The second-order valence-electron chi connectivity index (χ2n) is 1.78. The Labute approximate surface area is 61.2 Å². The minimum atomic E-state index is -0.208. The number of ether oxygens (including phenoxy) is 1. The highest BCUT2D eigenvalue weighted by Crippen LogP contribution is 1.89. The third-order valence-corrected chi connectivity index (χ3v) is 0.982. The smallest absolute Gasteiger partial charge is 0.309 e. The van der Waals surface area contributed by atoms with Crippen molar-refractivity contribution in [3.05, 3.63) is 24.8 Å². The van der Waals surface area contributed by atoms with Gasteiger partial charge < -0.3 is 4.74 Å². The molecule has 0 unspecified atom stereocenters. The molecular formula is C8H12O2. The highest BCUT2D eigenvalue weighted by molar-refractivity contribution is 5.70. The van der Waals surface area contributed by atoms with Crippen molar-refractivity contribution in [3.8, 4) is 0 Å². The lowest BCUT2D eigenvalue weighted by Crippen LogP contribution is -1.96. The van der Waals surface area contributed by atoms with E-state index in [-0.39, 0.29) is 5.97 Å². The molecule has 0 spiro atoms. The van der Waals surface area contributed by atoms with Crippen molar-refractivity contribution >= 4 is 5.97 Å². The quantitative estimate of drug-likeness (QED) is 0.438. The molecule has 0 aliphatic carbocycles. The second kappa shape index (κ2) is 6.08. The lowest BCUT2D eigenvalue weighted by atomic mass is 10.3. The van der Waals surface area contributed by atoms with E-state index < -0.39 is 0 Å². The summed E-state index contributed by atoms with van der Waals surface area (Å²) in [7, 11) is 1.38. The lowest BCUT2D eigenvalue weighted by Gasteiger charge is -1.90. The van der Waals surface area contributed by atoms with Gasteiger partial charge in [0.15, 0.2) is 0 Å². The fraction of sp³-hybridized carbons (Fsp3) is 0.375. The first-order chi connectivity index (χ1) is 4.81. The standard InChI is InChI=1S/C8H12O2/c1-3-4-5-6-7-8(9)10-2/h3,5-6H,1,4,7H2,2H3/b6-5+. The van der Waals surface area contributed by atoms with Crippen molar-refractivity contribution in [2.24, 2.45) is 0 Å². The van der Waals surface area contributed by atoms with Crippen LogP contribution in [0.4, 0.5) is 0 Å². The van der Waals surface area contributed by atoms with Gasteiger partial charge in [-0.25, -0.2) is 0 Å². The van der Waals surface area contributed by atoms with Gasteiger partial charge in [-0.1, -0.05) is 18.2 Å². The Balaban J connectivity index is 3.33. The highest BCUT2D eigenvalue weighted by atomic mass is 16.5. The summed E-state index contributed by atoms with van der Waals surface area (Å²) < 4.78 is 4.41. The van der Waals surface area contributed by atoms with Gasteiger partial charge in [0.05, 0.1) is 13.5 Å². The van der Waals surface area contributed by atoms with Crippen molar-refractivity contribution in [2.45, 2.75) is 12.8 Å². The molecule has 2 nitrogen and oxygen atoms in total. The van der Waals surface area contributed by atoms with Crippen LogP contribution in [-0.2, 0) is 9.53 Å². The molecule has 0 fully saturated rings. The van der Waals surface area contributed by atoms with E-state index in [2.05, 4.69) is 11.3 Å². The summed E-state index contributed by atoms with van der Waals surface area (Å²) in [5.74, 6) is -0.208. The molecule has 0 aliphatic heterocycles. The van der Waals surface area contributed by atoms with Crippen LogP contribution < -0.4 is 0 Å². The Kier molecular flexibility index (Phi) is 5.44. The lowest BCUT2D eigenvalue weighted by molar-refractivity contribution is -0.139. The molecule has 0 aromatic carbocycles. The first-order valence-electron chi connectivity index (χ1n) is 3.14. The van der Waals surface area contributed by atoms with E-state index in [0.29, 0.717) is 6.42 Å². The number of carbonyl (C=O) groups excluding carboxylic acids is 1. The van der Waals surface area contributed by atoms with Gasteiger partial charge in [-0.05, 0) is 6.42 Å². The zero-order chi connectivity index (χ0) is 7.82. The Morgan fingerprint density at radius 1 is 1.60 bits per heavy atom. The Hall–Kier alpha value is -1.05. The van der Waals surface area contributed by atoms with E-state index in [9.17, 15) is 4.79 Å². The number of carbonyl (C=O) groups is 1. The van der Waals surface area contributed by atoms with Crippen LogP contribution in [0.25, 0.3) is 0 Å². The molecule has 0 saturated heterocycles. The molecule has 0 aromatic rings. The molecule has 0 rings (SSSR count). The van der Waals surface area contributed by atoms with Gasteiger partial charge in [0.25, 0.3) is 0 Å². The molecule has 0 saturated carbocycles. The predicted molar refractivity (Wildman–Crippen MR) is 40.6 cm³/mol. The molecule has 56 valence electrons. The summed E-state index contributed by atoms with van der Waals surface area (Å²) in [6, 6.07) is 0. The Morgan fingerprint density at radius 2 is 2.30 bits per heavy atom. The fourth-order valence-electron chi connectivity index (χ4n) is 0.455. The average molecular weight is 140 g/mol. The number of methoxy groups -OCH3 is 1. The Bertz CT molecular complexity index is 136. The van der Waals surface area contributed by atoms with Crippen LogP contribution in [0.1, 0.15) is 12.8 Å². The summed E-state index contributed by atoms with van der Waals surface area (Å²) in [5, 5.41) is 0. The predicted octanol–water partition coefficient (Wildman–Crippen LogP) is 1.68. The maximum absolute atomic E-state index is 10.5. The van der Waals surface area contributed by atoms with Gasteiger partial charge in [-0.2, -0.15) is 0 Å². The summed E-state index contributed by atoms with van der Waals surface area (Å²) in [6.07, 6.45) is 6.58.